The molecule has 0 aromatic rings. The highest BCUT2D eigenvalue weighted by Crippen LogP contribution is 2.40. The number of rotatable bonds is 4. The lowest BCUT2D eigenvalue weighted by atomic mass is 9.88. The van der Waals surface area contributed by atoms with Crippen LogP contribution in [0.5, 0.6) is 0 Å². The molecular weight excluding hydrogens is 272 g/mol. The van der Waals surface area contributed by atoms with Crippen molar-refractivity contribution >= 4 is 23.6 Å². The molecule has 20 heavy (non-hydrogen) atoms. The Hall–Kier alpha value is -0.710. The molecule has 2 rings (SSSR count). The van der Waals surface area contributed by atoms with E-state index in [0.29, 0.717) is 12.5 Å². The Morgan fingerprint density at radius 3 is 2.55 bits per heavy atom. The maximum absolute atomic E-state index is 12.2. The lowest BCUT2D eigenvalue weighted by Crippen LogP contribution is -2.50. The van der Waals surface area contributed by atoms with Gasteiger partial charge in [0.05, 0.1) is 5.37 Å². The molecule has 0 aromatic carbocycles. The van der Waals surface area contributed by atoms with Crippen molar-refractivity contribution < 1.29 is 9.59 Å². The average Bonchev–Trinajstić information content (AvgIpc) is 2.90. The monoisotopic (exact) mass is 298 g/mol. The summed E-state index contributed by atoms with van der Waals surface area (Å²) in [5, 5.41) is 3.15. The van der Waals surface area contributed by atoms with Gasteiger partial charge in [-0.15, -0.1) is 11.8 Å². The number of amides is 2. The Labute approximate surface area is 126 Å². The van der Waals surface area contributed by atoms with Gasteiger partial charge in [0.1, 0.15) is 6.04 Å². The topological polar surface area (TPSA) is 49.4 Å². The summed E-state index contributed by atoms with van der Waals surface area (Å²) in [6.07, 6.45) is 7.17. The third-order valence-corrected chi connectivity index (χ3v) is 5.77. The largest absolute Gasteiger partial charge is 0.354 e. The molecule has 2 unspecified atom stereocenters. The summed E-state index contributed by atoms with van der Waals surface area (Å²) >= 11 is 1.80. The minimum absolute atomic E-state index is 0.0212. The third kappa shape index (κ3) is 3.48. The number of nitrogens with one attached hydrogen (secondary N) is 1. The molecule has 0 spiro atoms. The quantitative estimate of drug-likeness (QED) is 0.867. The Balaban J connectivity index is 2.03. The number of hydrogen-bond acceptors (Lipinski definition) is 3. The van der Waals surface area contributed by atoms with E-state index in [-0.39, 0.29) is 23.2 Å². The molecule has 5 heteroatoms. The lowest BCUT2D eigenvalue weighted by molar-refractivity contribution is -0.139. The first-order chi connectivity index (χ1) is 9.65. The molecule has 1 heterocycles. The van der Waals surface area contributed by atoms with Gasteiger partial charge in [0, 0.05) is 19.2 Å². The molecule has 2 atom stereocenters. The van der Waals surface area contributed by atoms with E-state index in [1.54, 1.807) is 18.7 Å². The van der Waals surface area contributed by atoms with E-state index in [1.807, 2.05) is 11.8 Å². The van der Waals surface area contributed by atoms with Gasteiger partial charge in [-0.25, -0.2) is 0 Å². The molecule has 2 aliphatic rings. The van der Waals surface area contributed by atoms with Gasteiger partial charge in [-0.3, -0.25) is 9.59 Å². The first-order valence-corrected chi connectivity index (χ1v) is 8.88. The normalized spacial score (nSPS) is 27.6. The van der Waals surface area contributed by atoms with Crippen molar-refractivity contribution in [3.63, 3.8) is 0 Å². The first kappa shape index (κ1) is 15.7. The molecule has 4 nitrogen and oxygen atoms in total. The van der Waals surface area contributed by atoms with Gasteiger partial charge in [0.25, 0.3) is 0 Å². The maximum Gasteiger partial charge on any atom is 0.243 e. The summed E-state index contributed by atoms with van der Waals surface area (Å²) in [5.74, 6) is 1.38. The molecule has 114 valence electrons. The molecule has 0 aromatic heterocycles. The van der Waals surface area contributed by atoms with Gasteiger partial charge >= 0.3 is 0 Å². The van der Waals surface area contributed by atoms with Crippen molar-refractivity contribution in [2.24, 2.45) is 5.92 Å². The summed E-state index contributed by atoms with van der Waals surface area (Å²) in [7, 11) is 0. The molecule has 2 amide bonds. The van der Waals surface area contributed by atoms with Crippen LogP contribution in [0.1, 0.15) is 52.4 Å². The van der Waals surface area contributed by atoms with E-state index in [9.17, 15) is 9.59 Å². The summed E-state index contributed by atoms with van der Waals surface area (Å²) in [6.45, 7) is 4.33. The van der Waals surface area contributed by atoms with Crippen molar-refractivity contribution in [3.05, 3.63) is 0 Å². The van der Waals surface area contributed by atoms with Crippen LogP contribution in [0.15, 0.2) is 0 Å². The van der Waals surface area contributed by atoms with Gasteiger partial charge in [-0.05, 0) is 25.2 Å². The van der Waals surface area contributed by atoms with Crippen LogP contribution in [-0.4, -0.2) is 40.4 Å². The van der Waals surface area contributed by atoms with Crippen molar-refractivity contribution in [2.75, 3.05) is 12.3 Å². The molecular formula is C15H26N2O2S. The van der Waals surface area contributed by atoms with Crippen LogP contribution in [-0.2, 0) is 9.59 Å². The van der Waals surface area contributed by atoms with E-state index in [1.165, 1.54) is 32.1 Å². The lowest BCUT2D eigenvalue weighted by Gasteiger charge is -2.34. The number of carbonyl (C=O) groups is 2. The van der Waals surface area contributed by atoms with Crippen molar-refractivity contribution in [1.82, 2.24) is 10.2 Å². The molecule has 1 N–H and O–H groups in total. The summed E-state index contributed by atoms with van der Waals surface area (Å²) < 4.78 is 0. The van der Waals surface area contributed by atoms with Crippen LogP contribution >= 0.6 is 11.8 Å². The fraction of sp³-hybridized carbons (Fsp3) is 0.867. The minimum Gasteiger partial charge on any atom is -0.354 e. The van der Waals surface area contributed by atoms with E-state index in [2.05, 4.69) is 5.32 Å². The molecule has 1 aliphatic heterocycles. The minimum atomic E-state index is -0.268. The van der Waals surface area contributed by atoms with Crippen LogP contribution in [0.4, 0.5) is 0 Å². The Morgan fingerprint density at radius 1 is 1.25 bits per heavy atom. The number of hydrogen-bond donors (Lipinski definition) is 1. The van der Waals surface area contributed by atoms with E-state index in [0.717, 1.165) is 12.2 Å². The number of nitrogens with zero attached hydrogens (tertiary/aromatic N) is 1. The van der Waals surface area contributed by atoms with Crippen LogP contribution in [0, 0.1) is 5.92 Å². The number of thioether (sulfide) groups is 1. The van der Waals surface area contributed by atoms with Gasteiger partial charge in [0.2, 0.25) is 11.8 Å². The highest BCUT2D eigenvalue weighted by Gasteiger charge is 2.43. The zero-order valence-corrected chi connectivity index (χ0v) is 13.4. The Bertz CT molecular complexity index is 356. The van der Waals surface area contributed by atoms with Gasteiger partial charge in [-0.1, -0.05) is 26.2 Å². The second-order valence-electron chi connectivity index (χ2n) is 5.86. The van der Waals surface area contributed by atoms with Crippen molar-refractivity contribution in [2.45, 2.75) is 63.8 Å². The molecule has 1 aliphatic carbocycles. The second-order valence-corrected chi connectivity index (χ2v) is 7.00. The summed E-state index contributed by atoms with van der Waals surface area (Å²) in [4.78, 5) is 26.1. The SMILES string of the molecule is CCCNC(=O)C1CSC(C2CCCCC2)N1C(C)=O. The number of carbonyl (C=O) groups excluding carboxylic acids is 2. The molecule has 0 bridgehead atoms. The molecule has 1 saturated heterocycles. The fourth-order valence-corrected chi connectivity index (χ4v) is 4.97. The first-order valence-electron chi connectivity index (χ1n) is 7.83. The third-order valence-electron chi connectivity index (χ3n) is 4.30. The Morgan fingerprint density at radius 2 is 1.95 bits per heavy atom. The molecule has 0 radical (unpaired) electrons. The van der Waals surface area contributed by atoms with Crippen LogP contribution in [0.3, 0.4) is 0 Å². The smallest absolute Gasteiger partial charge is 0.243 e. The van der Waals surface area contributed by atoms with E-state index >= 15 is 0 Å². The molecule has 1 saturated carbocycles. The van der Waals surface area contributed by atoms with Crippen LogP contribution < -0.4 is 5.32 Å². The highest BCUT2D eigenvalue weighted by atomic mass is 32.2. The zero-order chi connectivity index (χ0) is 14.5. The van der Waals surface area contributed by atoms with Crippen molar-refractivity contribution in [1.29, 1.82) is 0 Å². The van der Waals surface area contributed by atoms with Gasteiger partial charge < -0.3 is 10.2 Å². The zero-order valence-electron chi connectivity index (χ0n) is 12.6. The van der Waals surface area contributed by atoms with Crippen LogP contribution in [0.2, 0.25) is 0 Å². The summed E-state index contributed by atoms with van der Waals surface area (Å²) in [5.41, 5.74) is 0. The van der Waals surface area contributed by atoms with E-state index < -0.39 is 0 Å². The fourth-order valence-electron chi connectivity index (χ4n) is 3.28. The maximum atomic E-state index is 12.2. The van der Waals surface area contributed by atoms with E-state index in [4.69, 9.17) is 0 Å². The van der Waals surface area contributed by atoms with Gasteiger partial charge in [-0.2, -0.15) is 0 Å². The second kappa shape index (κ2) is 7.34. The molecule has 2 fully saturated rings. The predicted octanol–water partition coefficient (Wildman–Crippen LogP) is 2.38. The Kier molecular flexibility index (Phi) is 5.75. The van der Waals surface area contributed by atoms with Gasteiger partial charge in [0.15, 0.2) is 0 Å². The highest BCUT2D eigenvalue weighted by molar-refractivity contribution is 8.00. The predicted molar refractivity (Wildman–Crippen MR) is 82.4 cm³/mol. The van der Waals surface area contributed by atoms with Crippen LogP contribution in [0.25, 0.3) is 0 Å². The summed E-state index contributed by atoms with van der Waals surface area (Å²) in [6, 6.07) is -0.268. The standard InChI is InChI=1S/C15H26N2O2S/c1-3-9-16-14(19)13-10-20-15(17(13)11(2)18)12-7-5-4-6-8-12/h12-13,15H,3-10H2,1-2H3,(H,16,19). The van der Waals surface area contributed by atoms with Crippen molar-refractivity contribution in [3.8, 4) is 0 Å². The average molecular weight is 298 g/mol.